The average molecular weight is 332 g/mol. The first-order valence-corrected chi connectivity index (χ1v) is 8.63. The fraction of sp³-hybridized carbons (Fsp3) is 0.500. The van der Waals surface area contributed by atoms with Gasteiger partial charge in [-0.15, -0.1) is 0 Å². The third-order valence-electron chi connectivity index (χ3n) is 3.01. The minimum absolute atomic E-state index is 0.0797. The maximum atomic E-state index is 13.4. The van der Waals surface area contributed by atoms with Gasteiger partial charge in [-0.2, -0.15) is 4.31 Å². The molecule has 0 aliphatic carbocycles. The second-order valence-corrected chi connectivity index (χ2v) is 6.76. The van der Waals surface area contributed by atoms with E-state index >= 15 is 0 Å². The predicted octanol–water partition coefficient (Wildman–Crippen LogP) is 0.392. The zero-order valence-electron chi connectivity index (χ0n) is 12.7. The van der Waals surface area contributed by atoms with Crippen molar-refractivity contribution in [3.05, 3.63) is 35.6 Å². The molecule has 6 nitrogen and oxygen atoms in total. The lowest BCUT2D eigenvalue weighted by molar-refractivity contribution is -0.120. The molecule has 124 valence electrons. The van der Waals surface area contributed by atoms with E-state index in [9.17, 15) is 17.6 Å². The monoisotopic (exact) mass is 332 g/mol. The number of ether oxygens (including phenoxy) is 1. The molecule has 0 bridgehead atoms. The van der Waals surface area contributed by atoms with Crippen molar-refractivity contribution in [2.24, 2.45) is 0 Å². The summed E-state index contributed by atoms with van der Waals surface area (Å²) in [6.07, 6.45) is 1.02. The third-order valence-corrected chi connectivity index (χ3v) is 4.31. The number of rotatable bonds is 9. The number of halogens is 1. The second kappa shape index (κ2) is 8.82. The summed E-state index contributed by atoms with van der Waals surface area (Å²) in [5, 5.41) is 2.58. The van der Waals surface area contributed by atoms with Crippen molar-refractivity contribution < 1.29 is 22.3 Å². The largest absolute Gasteiger partial charge is 0.383 e. The van der Waals surface area contributed by atoms with Crippen molar-refractivity contribution in [2.75, 3.05) is 39.6 Å². The first kappa shape index (κ1) is 18.5. The molecule has 8 heteroatoms. The fourth-order valence-corrected chi connectivity index (χ4v) is 2.66. The molecule has 1 aromatic rings. The third kappa shape index (κ3) is 6.50. The molecule has 1 rings (SSSR count). The molecule has 1 amide bonds. The maximum Gasteiger partial charge on any atom is 0.224 e. The fourth-order valence-electron chi connectivity index (χ4n) is 1.83. The van der Waals surface area contributed by atoms with Gasteiger partial charge in [0.2, 0.25) is 15.9 Å². The summed E-state index contributed by atoms with van der Waals surface area (Å²) >= 11 is 0. The molecule has 0 heterocycles. The number of sulfonamides is 1. The first-order valence-electron chi connectivity index (χ1n) is 6.78. The summed E-state index contributed by atoms with van der Waals surface area (Å²) < 4.78 is 42.6. The molecule has 1 N–H and O–H groups in total. The highest BCUT2D eigenvalue weighted by Gasteiger charge is 2.16. The van der Waals surface area contributed by atoms with Crippen LogP contribution >= 0.6 is 0 Å². The zero-order valence-corrected chi connectivity index (χ0v) is 13.5. The SMILES string of the molecule is COCCN(CCNC(=O)Cc1ccccc1F)S(C)(=O)=O. The van der Waals surface area contributed by atoms with Gasteiger partial charge in [0.25, 0.3) is 0 Å². The highest BCUT2D eigenvalue weighted by atomic mass is 32.2. The smallest absolute Gasteiger partial charge is 0.224 e. The maximum absolute atomic E-state index is 13.4. The summed E-state index contributed by atoms with van der Waals surface area (Å²) in [5.74, 6) is -0.791. The second-order valence-electron chi connectivity index (χ2n) is 4.77. The number of amides is 1. The van der Waals surface area contributed by atoms with Gasteiger partial charge in [-0.1, -0.05) is 18.2 Å². The highest BCUT2D eigenvalue weighted by Crippen LogP contribution is 2.06. The molecule has 0 spiro atoms. The van der Waals surface area contributed by atoms with Crippen LogP contribution in [0, 0.1) is 5.82 Å². The van der Waals surface area contributed by atoms with Crippen LogP contribution < -0.4 is 5.32 Å². The van der Waals surface area contributed by atoms with Crippen LogP contribution in [0.3, 0.4) is 0 Å². The highest BCUT2D eigenvalue weighted by molar-refractivity contribution is 7.88. The zero-order chi connectivity index (χ0) is 16.6. The lowest BCUT2D eigenvalue weighted by atomic mass is 10.1. The van der Waals surface area contributed by atoms with E-state index in [-0.39, 0.29) is 38.6 Å². The van der Waals surface area contributed by atoms with Crippen molar-refractivity contribution >= 4 is 15.9 Å². The number of nitrogens with zero attached hydrogens (tertiary/aromatic N) is 1. The van der Waals surface area contributed by atoms with E-state index < -0.39 is 15.8 Å². The predicted molar refractivity (Wildman–Crippen MR) is 81.4 cm³/mol. The van der Waals surface area contributed by atoms with Crippen molar-refractivity contribution in [3.8, 4) is 0 Å². The van der Waals surface area contributed by atoms with Crippen molar-refractivity contribution in [3.63, 3.8) is 0 Å². The van der Waals surface area contributed by atoms with Gasteiger partial charge in [-0.3, -0.25) is 4.79 Å². The molecular weight excluding hydrogens is 311 g/mol. The van der Waals surface area contributed by atoms with Crippen LogP contribution in [0.15, 0.2) is 24.3 Å². The van der Waals surface area contributed by atoms with Gasteiger partial charge in [0, 0.05) is 26.7 Å². The van der Waals surface area contributed by atoms with E-state index in [0.717, 1.165) is 6.26 Å². The molecule has 0 atom stereocenters. The minimum Gasteiger partial charge on any atom is -0.383 e. The Balaban J connectivity index is 2.44. The van der Waals surface area contributed by atoms with E-state index in [1.807, 2.05) is 0 Å². The number of hydrogen-bond donors (Lipinski definition) is 1. The van der Waals surface area contributed by atoms with Gasteiger partial charge in [0.05, 0.1) is 19.3 Å². The summed E-state index contributed by atoms with van der Waals surface area (Å²) in [4.78, 5) is 11.7. The van der Waals surface area contributed by atoms with Crippen molar-refractivity contribution in [2.45, 2.75) is 6.42 Å². The van der Waals surface area contributed by atoms with E-state index in [2.05, 4.69) is 5.32 Å². The minimum atomic E-state index is -3.36. The molecule has 0 unspecified atom stereocenters. The molecule has 0 saturated heterocycles. The van der Waals surface area contributed by atoms with Crippen LogP contribution in [0.5, 0.6) is 0 Å². The van der Waals surface area contributed by atoms with E-state index in [0.29, 0.717) is 5.56 Å². The van der Waals surface area contributed by atoms with Gasteiger partial charge in [-0.05, 0) is 11.6 Å². The number of hydrogen-bond acceptors (Lipinski definition) is 4. The molecule has 0 aromatic heterocycles. The number of carbonyl (C=O) groups is 1. The lowest BCUT2D eigenvalue weighted by Gasteiger charge is -2.19. The normalized spacial score (nSPS) is 11.6. The van der Waals surface area contributed by atoms with E-state index in [4.69, 9.17) is 4.74 Å². The standard InChI is InChI=1S/C14H21FN2O4S/c1-21-10-9-17(22(2,19)20)8-7-16-14(18)11-12-5-3-4-6-13(12)15/h3-6H,7-11H2,1-2H3,(H,16,18). The Kier molecular flexibility index (Phi) is 7.43. The summed E-state index contributed by atoms with van der Waals surface area (Å²) in [6.45, 7) is 0.796. The topological polar surface area (TPSA) is 75.7 Å². The summed E-state index contributed by atoms with van der Waals surface area (Å²) in [5.41, 5.74) is 0.305. The van der Waals surface area contributed by atoms with Crippen LogP contribution in [-0.4, -0.2) is 58.2 Å². The van der Waals surface area contributed by atoms with E-state index in [1.54, 1.807) is 12.1 Å². The first-order chi connectivity index (χ1) is 10.3. The number of carbonyl (C=O) groups excluding carboxylic acids is 1. The summed E-state index contributed by atoms with van der Waals surface area (Å²) in [7, 11) is -1.88. The van der Waals surface area contributed by atoms with E-state index in [1.165, 1.54) is 23.5 Å². The van der Waals surface area contributed by atoms with Crippen LogP contribution in [-0.2, 0) is 26.0 Å². The number of nitrogens with one attached hydrogen (secondary N) is 1. The van der Waals surface area contributed by atoms with Crippen LogP contribution in [0.1, 0.15) is 5.56 Å². The molecule has 0 radical (unpaired) electrons. The van der Waals surface area contributed by atoms with Gasteiger partial charge in [-0.25, -0.2) is 12.8 Å². The molecule has 0 saturated carbocycles. The van der Waals surface area contributed by atoms with Gasteiger partial charge >= 0.3 is 0 Å². The van der Waals surface area contributed by atoms with Crippen molar-refractivity contribution in [1.82, 2.24) is 9.62 Å². The molecule has 0 aliphatic rings. The van der Waals surface area contributed by atoms with Gasteiger partial charge in [0.15, 0.2) is 0 Å². The Labute approximate surface area is 130 Å². The number of benzene rings is 1. The van der Waals surface area contributed by atoms with Crippen molar-refractivity contribution in [1.29, 1.82) is 0 Å². The lowest BCUT2D eigenvalue weighted by Crippen LogP contribution is -2.40. The Bertz CT molecular complexity index is 592. The molecule has 22 heavy (non-hydrogen) atoms. The van der Waals surface area contributed by atoms with Gasteiger partial charge < -0.3 is 10.1 Å². The quantitative estimate of drug-likeness (QED) is 0.710. The molecule has 0 fully saturated rings. The number of methoxy groups -OCH3 is 1. The Hall–Kier alpha value is -1.51. The molecule has 0 aliphatic heterocycles. The van der Waals surface area contributed by atoms with Crippen LogP contribution in [0.4, 0.5) is 4.39 Å². The average Bonchev–Trinajstić information content (AvgIpc) is 2.43. The van der Waals surface area contributed by atoms with Crippen LogP contribution in [0.2, 0.25) is 0 Å². The summed E-state index contributed by atoms with van der Waals surface area (Å²) in [6, 6.07) is 6.04. The Morgan fingerprint density at radius 1 is 1.32 bits per heavy atom. The molecule has 1 aromatic carbocycles. The Morgan fingerprint density at radius 2 is 2.00 bits per heavy atom. The Morgan fingerprint density at radius 3 is 2.59 bits per heavy atom. The van der Waals surface area contributed by atoms with Gasteiger partial charge in [0.1, 0.15) is 5.82 Å². The molecular formula is C14H21FN2O4S. The van der Waals surface area contributed by atoms with Crippen LogP contribution in [0.25, 0.3) is 0 Å².